The van der Waals surface area contributed by atoms with Crippen LogP contribution in [0.4, 0.5) is 4.79 Å². The van der Waals surface area contributed by atoms with Gasteiger partial charge in [-0.1, -0.05) is 0 Å². The fraction of sp³-hybridized carbons (Fsp3) is 0.467. The van der Waals surface area contributed by atoms with E-state index in [1.54, 1.807) is 35.1 Å². The monoisotopic (exact) mass is 320 g/mol. The molecule has 0 unspecified atom stereocenters. The molecule has 0 bridgehead atoms. The maximum atomic E-state index is 12.1. The zero-order chi connectivity index (χ0) is 16.7. The highest BCUT2D eigenvalue weighted by Crippen LogP contribution is 2.04. The van der Waals surface area contributed by atoms with Crippen LogP contribution < -0.4 is 5.32 Å². The number of pyridine rings is 1. The zero-order valence-electron chi connectivity index (χ0n) is 13.0. The minimum atomic E-state index is -0.357. The van der Waals surface area contributed by atoms with Gasteiger partial charge in [-0.2, -0.15) is 0 Å². The topological polar surface area (TPSA) is 91.8 Å². The number of aromatic nitrogens is 1. The second kappa shape index (κ2) is 8.11. The first-order chi connectivity index (χ1) is 11.1. The van der Waals surface area contributed by atoms with Crippen LogP contribution in [0.15, 0.2) is 24.5 Å². The molecule has 124 valence electrons. The van der Waals surface area contributed by atoms with E-state index >= 15 is 0 Å². The van der Waals surface area contributed by atoms with Gasteiger partial charge in [0.05, 0.1) is 18.7 Å². The Morgan fingerprint density at radius 3 is 2.52 bits per heavy atom. The number of piperazine rings is 1. The van der Waals surface area contributed by atoms with E-state index < -0.39 is 0 Å². The summed E-state index contributed by atoms with van der Waals surface area (Å²) in [6.45, 7) is 3.73. The number of hydrogen-bond donors (Lipinski definition) is 1. The van der Waals surface area contributed by atoms with E-state index in [0.29, 0.717) is 38.3 Å². The molecule has 1 fully saturated rings. The van der Waals surface area contributed by atoms with Gasteiger partial charge in [0, 0.05) is 38.6 Å². The van der Waals surface area contributed by atoms with Crippen molar-refractivity contribution in [1.82, 2.24) is 20.1 Å². The van der Waals surface area contributed by atoms with Crippen molar-refractivity contribution in [2.75, 3.05) is 39.3 Å². The molecule has 8 heteroatoms. The van der Waals surface area contributed by atoms with E-state index in [4.69, 9.17) is 4.74 Å². The Labute approximate surface area is 134 Å². The zero-order valence-corrected chi connectivity index (χ0v) is 13.0. The molecule has 0 aromatic carbocycles. The Kier molecular flexibility index (Phi) is 5.90. The standard InChI is InChI=1S/C15H20N4O4/c1-2-23-15(22)19-8-6-18(7-9-19)13(20)11-17-14(21)12-4-3-5-16-10-12/h3-5,10H,2,6-9,11H2,1H3,(H,17,21). The summed E-state index contributed by atoms with van der Waals surface area (Å²) in [5.41, 5.74) is 0.410. The molecule has 0 atom stereocenters. The number of carbonyl (C=O) groups is 3. The maximum absolute atomic E-state index is 12.1. The van der Waals surface area contributed by atoms with Gasteiger partial charge in [-0.25, -0.2) is 4.79 Å². The van der Waals surface area contributed by atoms with E-state index in [1.807, 2.05) is 0 Å². The predicted molar refractivity (Wildman–Crippen MR) is 81.7 cm³/mol. The summed E-state index contributed by atoms with van der Waals surface area (Å²) in [4.78, 5) is 42.6. The first kappa shape index (κ1) is 16.7. The molecular formula is C15H20N4O4. The van der Waals surface area contributed by atoms with E-state index in [-0.39, 0.29) is 24.5 Å². The molecule has 23 heavy (non-hydrogen) atoms. The number of rotatable bonds is 4. The average Bonchev–Trinajstić information content (AvgIpc) is 2.60. The minimum absolute atomic E-state index is 0.0763. The lowest BCUT2D eigenvalue weighted by Crippen LogP contribution is -2.52. The van der Waals surface area contributed by atoms with Gasteiger partial charge in [0.15, 0.2) is 0 Å². The van der Waals surface area contributed by atoms with Gasteiger partial charge in [-0.15, -0.1) is 0 Å². The second-order valence-corrected chi connectivity index (χ2v) is 4.99. The molecule has 1 aliphatic heterocycles. The largest absolute Gasteiger partial charge is 0.450 e. The molecular weight excluding hydrogens is 300 g/mol. The molecule has 0 saturated carbocycles. The van der Waals surface area contributed by atoms with E-state index in [9.17, 15) is 14.4 Å². The first-order valence-corrected chi connectivity index (χ1v) is 7.49. The lowest BCUT2D eigenvalue weighted by Gasteiger charge is -2.34. The van der Waals surface area contributed by atoms with Crippen molar-refractivity contribution >= 4 is 17.9 Å². The Hall–Kier alpha value is -2.64. The number of ether oxygens (including phenoxy) is 1. The van der Waals surface area contributed by atoms with E-state index in [1.165, 1.54) is 6.20 Å². The third-order valence-electron chi connectivity index (χ3n) is 3.48. The van der Waals surface area contributed by atoms with Crippen LogP contribution in [0.1, 0.15) is 17.3 Å². The quantitative estimate of drug-likeness (QED) is 0.850. The van der Waals surface area contributed by atoms with Crippen molar-refractivity contribution in [3.05, 3.63) is 30.1 Å². The van der Waals surface area contributed by atoms with Crippen LogP contribution in [0, 0.1) is 0 Å². The summed E-state index contributed by atoms with van der Waals surface area (Å²) in [7, 11) is 0. The van der Waals surface area contributed by atoms with Gasteiger partial charge in [0.2, 0.25) is 5.91 Å². The number of nitrogens with zero attached hydrogens (tertiary/aromatic N) is 3. The van der Waals surface area contributed by atoms with Gasteiger partial charge >= 0.3 is 6.09 Å². The molecule has 8 nitrogen and oxygen atoms in total. The Bertz CT molecular complexity index is 556. The van der Waals surface area contributed by atoms with Crippen LogP contribution >= 0.6 is 0 Å². The molecule has 1 saturated heterocycles. The van der Waals surface area contributed by atoms with Crippen molar-refractivity contribution in [3.8, 4) is 0 Å². The maximum Gasteiger partial charge on any atom is 0.409 e. The molecule has 1 aliphatic rings. The van der Waals surface area contributed by atoms with E-state index in [0.717, 1.165) is 0 Å². The highest BCUT2D eigenvalue weighted by Gasteiger charge is 2.24. The summed E-state index contributed by atoms with van der Waals surface area (Å²) in [5, 5.41) is 2.57. The third kappa shape index (κ3) is 4.67. The van der Waals surface area contributed by atoms with Gasteiger partial charge in [0.1, 0.15) is 0 Å². The molecule has 0 spiro atoms. The highest BCUT2D eigenvalue weighted by molar-refractivity contribution is 5.96. The van der Waals surface area contributed by atoms with Crippen LogP contribution in [0.2, 0.25) is 0 Å². The van der Waals surface area contributed by atoms with Crippen LogP contribution in [0.3, 0.4) is 0 Å². The molecule has 2 rings (SSSR count). The first-order valence-electron chi connectivity index (χ1n) is 7.49. The predicted octanol–water partition coefficient (Wildman–Crippen LogP) is 0.112. The van der Waals surface area contributed by atoms with E-state index in [2.05, 4.69) is 10.3 Å². The summed E-state index contributed by atoms with van der Waals surface area (Å²) < 4.78 is 4.93. The van der Waals surface area contributed by atoms with Crippen molar-refractivity contribution in [2.24, 2.45) is 0 Å². The Morgan fingerprint density at radius 2 is 1.91 bits per heavy atom. The lowest BCUT2D eigenvalue weighted by molar-refractivity contribution is -0.131. The van der Waals surface area contributed by atoms with Crippen molar-refractivity contribution in [3.63, 3.8) is 0 Å². The van der Waals surface area contributed by atoms with Crippen molar-refractivity contribution in [1.29, 1.82) is 0 Å². The van der Waals surface area contributed by atoms with Gasteiger partial charge in [-0.05, 0) is 19.1 Å². The fourth-order valence-electron chi connectivity index (χ4n) is 2.22. The molecule has 0 aliphatic carbocycles. The van der Waals surface area contributed by atoms with Crippen LogP contribution in [0.25, 0.3) is 0 Å². The molecule has 1 N–H and O–H groups in total. The number of carbonyl (C=O) groups excluding carboxylic acids is 3. The van der Waals surface area contributed by atoms with Crippen LogP contribution in [-0.2, 0) is 9.53 Å². The molecule has 2 heterocycles. The summed E-state index contributed by atoms with van der Waals surface area (Å²) in [6.07, 6.45) is 2.66. The minimum Gasteiger partial charge on any atom is -0.450 e. The smallest absolute Gasteiger partial charge is 0.409 e. The summed E-state index contributed by atoms with van der Waals surface area (Å²) in [5.74, 6) is -0.512. The Balaban J connectivity index is 1.75. The number of nitrogens with one attached hydrogen (secondary N) is 1. The summed E-state index contributed by atoms with van der Waals surface area (Å²) >= 11 is 0. The number of hydrogen-bond acceptors (Lipinski definition) is 5. The molecule has 1 aromatic rings. The number of amides is 3. The van der Waals surface area contributed by atoms with Crippen molar-refractivity contribution < 1.29 is 19.1 Å². The average molecular weight is 320 g/mol. The van der Waals surface area contributed by atoms with Crippen molar-refractivity contribution in [2.45, 2.75) is 6.92 Å². The molecule has 0 radical (unpaired) electrons. The molecule has 1 aromatic heterocycles. The second-order valence-electron chi connectivity index (χ2n) is 4.99. The third-order valence-corrected chi connectivity index (χ3v) is 3.48. The lowest BCUT2D eigenvalue weighted by atomic mass is 10.2. The van der Waals surface area contributed by atoms with Gasteiger partial charge in [-0.3, -0.25) is 14.6 Å². The molecule has 3 amide bonds. The fourth-order valence-corrected chi connectivity index (χ4v) is 2.22. The summed E-state index contributed by atoms with van der Waals surface area (Å²) in [6, 6.07) is 3.29. The van der Waals surface area contributed by atoms with Gasteiger partial charge in [0.25, 0.3) is 5.91 Å². The normalized spacial score (nSPS) is 14.3. The SMILES string of the molecule is CCOC(=O)N1CCN(C(=O)CNC(=O)c2cccnc2)CC1. The van der Waals surface area contributed by atoms with Crippen LogP contribution in [0.5, 0.6) is 0 Å². The Morgan fingerprint density at radius 1 is 1.22 bits per heavy atom. The van der Waals surface area contributed by atoms with Gasteiger partial charge < -0.3 is 19.9 Å². The van der Waals surface area contributed by atoms with Crippen LogP contribution in [-0.4, -0.2) is 72.0 Å². The highest BCUT2D eigenvalue weighted by atomic mass is 16.6.